The van der Waals surface area contributed by atoms with Crippen molar-refractivity contribution in [2.45, 2.75) is 336 Å². The van der Waals surface area contributed by atoms with E-state index in [2.05, 4.69) is 72.8 Å². The molecule has 19 heteroatoms. The molecule has 0 aromatic rings. The lowest BCUT2D eigenvalue weighted by molar-refractivity contribution is -0.161. The van der Waals surface area contributed by atoms with Gasteiger partial charge in [0.15, 0.2) is 12.2 Å². The number of carbonyl (C=O) groups is 4. The number of carbonyl (C=O) groups excluding carboxylic acids is 4. The molecule has 0 aliphatic heterocycles. The Hall–Kier alpha value is -2.46. The Balaban J connectivity index is 5.28. The third-order valence-corrected chi connectivity index (χ3v) is 17.5. The van der Waals surface area contributed by atoms with Crippen molar-refractivity contribution < 1.29 is 80.2 Å². The Kier molecular flexibility index (Phi) is 57.9. The summed E-state index contributed by atoms with van der Waals surface area (Å²) in [5.41, 5.74) is 0. The molecule has 0 spiro atoms. The van der Waals surface area contributed by atoms with Crippen molar-refractivity contribution in [2.24, 2.45) is 17.8 Å². The van der Waals surface area contributed by atoms with Crippen molar-refractivity contribution in [1.82, 2.24) is 0 Å². The minimum Gasteiger partial charge on any atom is -0.462 e. The second-order valence-electron chi connectivity index (χ2n) is 25.4. The number of hydrogen-bond acceptors (Lipinski definition) is 15. The zero-order chi connectivity index (χ0) is 65.2. The summed E-state index contributed by atoms with van der Waals surface area (Å²) in [5, 5.41) is 10.6. The Labute approximate surface area is 535 Å². The van der Waals surface area contributed by atoms with E-state index in [1.807, 2.05) is 0 Å². The van der Waals surface area contributed by atoms with E-state index in [9.17, 15) is 43.2 Å². The number of hydrogen-bond donors (Lipinski definition) is 3. The maximum atomic E-state index is 13.0. The van der Waals surface area contributed by atoms with Crippen LogP contribution < -0.4 is 0 Å². The molecule has 0 heterocycles. The number of phosphoric ester groups is 2. The molecule has 0 fully saturated rings. The fraction of sp³-hybridized carbons (Fsp3) is 0.884. The number of aliphatic hydroxyl groups excluding tert-OH is 1. The first-order chi connectivity index (χ1) is 42.3. The van der Waals surface area contributed by atoms with Gasteiger partial charge in [-0.2, -0.15) is 0 Å². The summed E-state index contributed by atoms with van der Waals surface area (Å²) in [6, 6.07) is 0. The zero-order valence-electron chi connectivity index (χ0n) is 56.7. The Morgan fingerprint density at radius 2 is 0.670 bits per heavy atom. The van der Waals surface area contributed by atoms with Crippen LogP contribution in [0.2, 0.25) is 0 Å². The summed E-state index contributed by atoms with van der Waals surface area (Å²) in [6.45, 7) is 11.6. The van der Waals surface area contributed by atoms with Gasteiger partial charge in [-0.05, 0) is 69.1 Å². The first kappa shape index (κ1) is 85.5. The maximum Gasteiger partial charge on any atom is 0.472 e. The summed E-state index contributed by atoms with van der Waals surface area (Å²) in [4.78, 5) is 72.4. The minimum atomic E-state index is -4.96. The number of unbranched alkanes of at least 4 members (excludes halogenated alkanes) is 29. The highest BCUT2D eigenvalue weighted by molar-refractivity contribution is 7.47. The molecule has 0 aliphatic rings. The van der Waals surface area contributed by atoms with Gasteiger partial charge < -0.3 is 33.8 Å². The molecular weight excluding hydrogens is 1160 g/mol. The topological polar surface area (TPSA) is 237 Å². The minimum absolute atomic E-state index is 0.0835. The molecule has 0 amide bonds. The Bertz CT molecular complexity index is 1830. The van der Waals surface area contributed by atoms with Gasteiger partial charge in [-0.1, -0.05) is 265 Å². The third-order valence-electron chi connectivity index (χ3n) is 15.6. The van der Waals surface area contributed by atoms with Crippen molar-refractivity contribution in [3.05, 3.63) is 24.3 Å². The van der Waals surface area contributed by atoms with Gasteiger partial charge in [0, 0.05) is 25.7 Å². The average Bonchev–Trinajstić information content (AvgIpc) is 3.54. The van der Waals surface area contributed by atoms with Gasteiger partial charge in [-0.15, -0.1) is 0 Å². The summed E-state index contributed by atoms with van der Waals surface area (Å²) in [7, 11) is -9.91. The standard InChI is InChI=1S/C69H130O17P2/c1-8-10-11-12-13-14-15-16-17-18-21-24-27-38-45-52-68(73)86-65(57-80-67(72)51-44-37-32-30-35-42-49-62(7)9-2)59-84-88(77,78)82-55-63(70)54-81-87(75,76)83-58-64(56-79-66(71)50-43-36-31-29-34-41-48-61(5)6)85-69(74)53-46-39-28-25-22-19-20-23-26-33-40-47-60(3)4/h14-17,60-65,70H,8-13,18-59H2,1-7H3,(H,75,76)(H,77,78)/b15-14-,17-16-/t62?,63-,64-,65-/m1/s1. The van der Waals surface area contributed by atoms with E-state index >= 15 is 0 Å². The van der Waals surface area contributed by atoms with Crippen LogP contribution in [0, 0.1) is 17.8 Å². The first-order valence-electron chi connectivity index (χ1n) is 35.2. The smallest absolute Gasteiger partial charge is 0.462 e. The quantitative estimate of drug-likeness (QED) is 0.0169. The third kappa shape index (κ3) is 61.1. The van der Waals surface area contributed by atoms with Crippen molar-refractivity contribution in [1.29, 1.82) is 0 Å². The van der Waals surface area contributed by atoms with Crippen LogP contribution in [-0.4, -0.2) is 96.7 Å². The second kappa shape index (κ2) is 59.5. The number of phosphoric acid groups is 2. The maximum absolute atomic E-state index is 13.0. The predicted octanol–water partition coefficient (Wildman–Crippen LogP) is 19.0. The summed E-state index contributed by atoms with van der Waals surface area (Å²) in [6.07, 6.45) is 45.4. The molecule has 3 unspecified atom stereocenters. The lowest BCUT2D eigenvalue weighted by Crippen LogP contribution is -2.30. The van der Waals surface area contributed by atoms with E-state index in [0.717, 1.165) is 127 Å². The predicted molar refractivity (Wildman–Crippen MR) is 354 cm³/mol. The van der Waals surface area contributed by atoms with Crippen LogP contribution in [-0.2, 0) is 65.4 Å². The van der Waals surface area contributed by atoms with E-state index in [1.165, 1.54) is 103 Å². The van der Waals surface area contributed by atoms with Crippen molar-refractivity contribution in [3.63, 3.8) is 0 Å². The molecule has 0 bridgehead atoms. The molecule has 0 saturated carbocycles. The average molecular weight is 1290 g/mol. The second-order valence-corrected chi connectivity index (χ2v) is 28.3. The summed E-state index contributed by atoms with van der Waals surface area (Å²) < 4.78 is 68.1. The van der Waals surface area contributed by atoms with Gasteiger partial charge >= 0.3 is 39.5 Å². The van der Waals surface area contributed by atoms with E-state index in [1.54, 1.807) is 0 Å². The van der Waals surface area contributed by atoms with Crippen LogP contribution in [0.15, 0.2) is 24.3 Å². The van der Waals surface area contributed by atoms with Crippen molar-refractivity contribution >= 4 is 39.5 Å². The lowest BCUT2D eigenvalue weighted by atomic mass is 10.00. The molecule has 0 aromatic heterocycles. The van der Waals surface area contributed by atoms with Crippen LogP contribution >= 0.6 is 15.6 Å². The van der Waals surface area contributed by atoms with Gasteiger partial charge in [0.25, 0.3) is 0 Å². The first-order valence-corrected chi connectivity index (χ1v) is 38.2. The van der Waals surface area contributed by atoms with Crippen LogP contribution in [0.3, 0.4) is 0 Å². The highest BCUT2D eigenvalue weighted by Gasteiger charge is 2.30. The van der Waals surface area contributed by atoms with Crippen LogP contribution in [0.25, 0.3) is 0 Å². The van der Waals surface area contributed by atoms with E-state index in [0.29, 0.717) is 31.6 Å². The molecule has 88 heavy (non-hydrogen) atoms. The van der Waals surface area contributed by atoms with Crippen LogP contribution in [0.5, 0.6) is 0 Å². The molecule has 6 atom stereocenters. The largest absolute Gasteiger partial charge is 0.472 e. The van der Waals surface area contributed by atoms with Gasteiger partial charge in [0.2, 0.25) is 0 Å². The van der Waals surface area contributed by atoms with Gasteiger partial charge in [-0.3, -0.25) is 37.3 Å². The van der Waals surface area contributed by atoms with Gasteiger partial charge in [-0.25, -0.2) is 9.13 Å². The van der Waals surface area contributed by atoms with E-state index in [-0.39, 0.29) is 25.7 Å². The fourth-order valence-corrected chi connectivity index (χ4v) is 11.4. The SMILES string of the molecule is CCCCCC/C=C\C=C/CCCCCCCC(=O)O[C@H](COC(=O)CCCCCCCCC(C)CC)COP(=O)(O)OC[C@H](O)COP(=O)(O)OC[C@@H](COC(=O)CCCCCCCCC(C)C)OC(=O)CCCCCCCCCCCCCC(C)C. The monoisotopic (exact) mass is 1290 g/mol. The molecular formula is C69H130O17P2. The fourth-order valence-electron chi connectivity index (χ4n) is 9.79. The molecule has 17 nitrogen and oxygen atoms in total. The highest BCUT2D eigenvalue weighted by atomic mass is 31.2. The molecule has 0 aliphatic carbocycles. The number of rotatable bonds is 65. The zero-order valence-corrected chi connectivity index (χ0v) is 58.5. The lowest BCUT2D eigenvalue weighted by Gasteiger charge is -2.21. The summed E-state index contributed by atoms with van der Waals surface area (Å²) in [5.74, 6) is 0.00682. The van der Waals surface area contributed by atoms with Crippen molar-refractivity contribution in [3.8, 4) is 0 Å². The molecule has 0 aromatic carbocycles. The van der Waals surface area contributed by atoms with Crippen molar-refractivity contribution in [2.75, 3.05) is 39.6 Å². The van der Waals surface area contributed by atoms with Crippen LogP contribution in [0.4, 0.5) is 0 Å². The molecule has 3 N–H and O–H groups in total. The van der Waals surface area contributed by atoms with E-state index in [4.69, 9.17) is 37.0 Å². The Morgan fingerprint density at radius 3 is 1.01 bits per heavy atom. The number of ether oxygens (including phenoxy) is 4. The number of esters is 4. The molecule has 0 saturated heterocycles. The molecule has 518 valence electrons. The van der Waals surface area contributed by atoms with Crippen LogP contribution in [0.1, 0.15) is 318 Å². The molecule has 0 rings (SSSR count). The molecule has 0 radical (unpaired) electrons. The number of aliphatic hydroxyl groups is 1. The normalized spacial score (nSPS) is 14.7. The van der Waals surface area contributed by atoms with E-state index < -0.39 is 97.5 Å². The highest BCUT2D eigenvalue weighted by Crippen LogP contribution is 2.45. The van der Waals surface area contributed by atoms with Gasteiger partial charge in [0.05, 0.1) is 26.4 Å². The summed E-state index contributed by atoms with van der Waals surface area (Å²) >= 11 is 0. The Morgan fingerprint density at radius 1 is 0.375 bits per heavy atom. The number of allylic oxidation sites excluding steroid dienone is 4. The van der Waals surface area contributed by atoms with Gasteiger partial charge in [0.1, 0.15) is 19.3 Å².